The molecular weight excluding hydrogens is 220 g/mol. The Kier molecular flexibility index (Phi) is 5.02. The van der Waals surface area contributed by atoms with Crippen molar-refractivity contribution >= 4 is 16.6 Å². The molecule has 0 aromatic rings. The van der Waals surface area contributed by atoms with E-state index in [0.717, 1.165) is 13.2 Å². The van der Waals surface area contributed by atoms with E-state index in [0.29, 0.717) is 0 Å². The van der Waals surface area contributed by atoms with Gasteiger partial charge < -0.3 is 8.85 Å². The highest BCUT2D eigenvalue weighted by atomic mass is 28.4. The quantitative estimate of drug-likeness (QED) is 0.545. The first kappa shape index (κ1) is 13.4. The summed E-state index contributed by atoms with van der Waals surface area (Å²) in [6.45, 7) is 11.1. The van der Waals surface area contributed by atoms with Crippen molar-refractivity contribution in [1.29, 1.82) is 0 Å². The van der Waals surface area contributed by atoms with Crippen molar-refractivity contribution in [3.8, 4) is 0 Å². The van der Waals surface area contributed by atoms with Gasteiger partial charge in [-0.3, -0.25) is 0 Å². The molecule has 1 unspecified atom stereocenters. The lowest BCUT2D eigenvalue weighted by atomic mass is 10.4. The van der Waals surface area contributed by atoms with Crippen molar-refractivity contribution < 1.29 is 8.85 Å². The Morgan fingerprint density at radius 3 is 2.53 bits per heavy atom. The summed E-state index contributed by atoms with van der Waals surface area (Å²) in [5, 5.41) is 0. The van der Waals surface area contributed by atoms with Crippen LogP contribution in [0, 0.1) is 0 Å². The van der Waals surface area contributed by atoms with Crippen LogP contribution in [-0.2, 0) is 8.85 Å². The molecule has 1 saturated heterocycles. The van der Waals surface area contributed by atoms with Crippen molar-refractivity contribution in [3.05, 3.63) is 0 Å². The van der Waals surface area contributed by atoms with E-state index in [9.17, 15) is 0 Å². The molecule has 1 aliphatic rings. The zero-order valence-electron chi connectivity index (χ0n) is 10.8. The standard InChI is InChI=1S/C11H26O2Si2/c1-14(2,3)12-9-7-11-15(4)10-6-5-8-13-15/h5-11H2,1-4H3. The van der Waals surface area contributed by atoms with Crippen molar-refractivity contribution in [2.75, 3.05) is 13.2 Å². The van der Waals surface area contributed by atoms with Gasteiger partial charge in [0.25, 0.3) is 0 Å². The van der Waals surface area contributed by atoms with E-state index in [1.807, 2.05) is 0 Å². The van der Waals surface area contributed by atoms with Crippen molar-refractivity contribution in [2.24, 2.45) is 0 Å². The Labute approximate surface area is 96.6 Å². The maximum atomic E-state index is 5.99. The highest BCUT2D eigenvalue weighted by Crippen LogP contribution is 2.26. The second-order valence-corrected chi connectivity index (χ2v) is 14.5. The molecule has 0 saturated carbocycles. The average molecular weight is 246 g/mol. The van der Waals surface area contributed by atoms with Crippen LogP contribution in [0.15, 0.2) is 0 Å². The Morgan fingerprint density at radius 2 is 2.00 bits per heavy atom. The van der Waals surface area contributed by atoms with Gasteiger partial charge in [0, 0.05) is 13.2 Å². The zero-order chi connectivity index (χ0) is 11.4. The highest BCUT2D eigenvalue weighted by molar-refractivity contribution is 6.72. The normalized spacial score (nSPS) is 28.0. The van der Waals surface area contributed by atoms with E-state index in [1.165, 1.54) is 31.4 Å². The maximum absolute atomic E-state index is 5.99. The Bertz CT molecular complexity index is 184. The summed E-state index contributed by atoms with van der Waals surface area (Å²) in [4.78, 5) is 0. The molecule has 0 amide bonds. The van der Waals surface area contributed by atoms with Crippen LogP contribution in [0.2, 0.25) is 38.3 Å². The van der Waals surface area contributed by atoms with Gasteiger partial charge in [0.15, 0.2) is 16.6 Å². The fourth-order valence-corrected chi connectivity index (χ4v) is 5.84. The fraction of sp³-hybridized carbons (Fsp3) is 1.00. The van der Waals surface area contributed by atoms with Crippen LogP contribution >= 0.6 is 0 Å². The molecule has 1 fully saturated rings. The first-order valence-electron chi connectivity index (χ1n) is 6.19. The summed E-state index contributed by atoms with van der Waals surface area (Å²) < 4.78 is 11.9. The lowest BCUT2D eigenvalue weighted by Crippen LogP contribution is -2.38. The SMILES string of the molecule is C[Si](C)(C)OCCC[Si]1(C)CCCCO1. The minimum atomic E-state index is -1.30. The molecule has 0 radical (unpaired) electrons. The third-order valence-electron chi connectivity index (χ3n) is 2.94. The van der Waals surface area contributed by atoms with Gasteiger partial charge in [0.1, 0.15) is 0 Å². The smallest absolute Gasteiger partial charge is 0.189 e. The van der Waals surface area contributed by atoms with Crippen LogP contribution in [0.1, 0.15) is 19.3 Å². The van der Waals surface area contributed by atoms with Gasteiger partial charge in [-0.15, -0.1) is 0 Å². The van der Waals surface area contributed by atoms with Crippen LogP contribution < -0.4 is 0 Å². The predicted octanol–water partition coefficient (Wildman–Crippen LogP) is 3.61. The largest absolute Gasteiger partial charge is 0.418 e. The van der Waals surface area contributed by atoms with E-state index >= 15 is 0 Å². The van der Waals surface area contributed by atoms with Crippen molar-refractivity contribution in [1.82, 2.24) is 0 Å². The molecule has 0 N–H and O–H groups in total. The maximum Gasteiger partial charge on any atom is 0.189 e. The monoisotopic (exact) mass is 246 g/mol. The molecule has 0 aromatic heterocycles. The van der Waals surface area contributed by atoms with Crippen molar-refractivity contribution in [3.63, 3.8) is 0 Å². The molecule has 1 atom stereocenters. The summed E-state index contributed by atoms with van der Waals surface area (Å²) in [6.07, 6.45) is 3.86. The van der Waals surface area contributed by atoms with Crippen LogP contribution in [0.4, 0.5) is 0 Å². The van der Waals surface area contributed by atoms with E-state index < -0.39 is 16.6 Å². The molecule has 1 heterocycles. The molecule has 1 aliphatic heterocycles. The van der Waals surface area contributed by atoms with Crippen molar-refractivity contribution in [2.45, 2.75) is 57.5 Å². The van der Waals surface area contributed by atoms with Gasteiger partial charge in [-0.2, -0.15) is 0 Å². The van der Waals surface area contributed by atoms with Gasteiger partial charge in [-0.1, -0.05) is 6.42 Å². The number of hydrogen-bond donors (Lipinski definition) is 0. The first-order valence-corrected chi connectivity index (χ1v) is 12.4. The van der Waals surface area contributed by atoms with Crippen LogP contribution in [0.3, 0.4) is 0 Å². The fourth-order valence-electron chi connectivity index (χ4n) is 2.01. The molecule has 0 spiro atoms. The molecule has 4 heteroatoms. The van der Waals surface area contributed by atoms with E-state index in [2.05, 4.69) is 26.2 Å². The van der Waals surface area contributed by atoms with Gasteiger partial charge in [-0.05, 0) is 51.1 Å². The summed E-state index contributed by atoms with van der Waals surface area (Å²) in [5.74, 6) is 0. The zero-order valence-corrected chi connectivity index (χ0v) is 12.8. The van der Waals surface area contributed by atoms with Gasteiger partial charge in [0.2, 0.25) is 0 Å². The summed E-state index contributed by atoms with van der Waals surface area (Å²) in [7, 11) is -2.59. The molecule has 2 nitrogen and oxygen atoms in total. The Hall–Kier alpha value is 0.354. The molecular formula is C11H26O2Si2. The minimum Gasteiger partial charge on any atom is -0.418 e. The van der Waals surface area contributed by atoms with Gasteiger partial charge >= 0.3 is 0 Å². The lowest BCUT2D eigenvalue weighted by Gasteiger charge is -2.31. The number of hydrogen-bond acceptors (Lipinski definition) is 2. The topological polar surface area (TPSA) is 18.5 Å². The van der Waals surface area contributed by atoms with E-state index in [-0.39, 0.29) is 0 Å². The molecule has 0 aliphatic carbocycles. The first-order chi connectivity index (χ1) is 6.91. The number of rotatable bonds is 5. The lowest BCUT2D eigenvalue weighted by molar-refractivity contribution is 0.262. The van der Waals surface area contributed by atoms with Gasteiger partial charge in [-0.25, -0.2) is 0 Å². The molecule has 1 rings (SSSR count). The third-order valence-corrected chi connectivity index (χ3v) is 7.73. The molecule has 0 aromatic carbocycles. The average Bonchev–Trinajstić information content (AvgIpc) is 2.12. The summed E-state index contributed by atoms with van der Waals surface area (Å²) in [6, 6.07) is 2.65. The van der Waals surface area contributed by atoms with Crippen LogP contribution in [0.5, 0.6) is 0 Å². The molecule has 90 valence electrons. The second-order valence-electron chi connectivity index (χ2n) is 5.82. The Morgan fingerprint density at radius 1 is 1.27 bits per heavy atom. The van der Waals surface area contributed by atoms with E-state index in [1.54, 1.807) is 0 Å². The third kappa shape index (κ3) is 5.85. The predicted molar refractivity (Wildman–Crippen MR) is 70.3 cm³/mol. The second kappa shape index (κ2) is 5.61. The molecule has 15 heavy (non-hydrogen) atoms. The van der Waals surface area contributed by atoms with E-state index in [4.69, 9.17) is 8.85 Å². The van der Waals surface area contributed by atoms with Crippen LogP contribution in [0.25, 0.3) is 0 Å². The Balaban J connectivity index is 2.13. The molecule has 0 bridgehead atoms. The summed E-state index contributed by atoms with van der Waals surface area (Å²) in [5.41, 5.74) is 0. The highest BCUT2D eigenvalue weighted by Gasteiger charge is 2.30. The minimum absolute atomic E-state index is 0.946. The van der Waals surface area contributed by atoms with Gasteiger partial charge in [0.05, 0.1) is 0 Å². The summed E-state index contributed by atoms with van der Waals surface area (Å²) >= 11 is 0. The van der Waals surface area contributed by atoms with Crippen LogP contribution in [-0.4, -0.2) is 29.8 Å².